The van der Waals surface area contributed by atoms with E-state index in [0.29, 0.717) is 0 Å². The van der Waals surface area contributed by atoms with Crippen LogP contribution in [0, 0.1) is 0 Å². The van der Waals surface area contributed by atoms with Gasteiger partial charge < -0.3 is 4.43 Å². The van der Waals surface area contributed by atoms with E-state index >= 15 is 0 Å². The van der Waals surface area contributed by atoms with Crippen molar-refractivity contribution in [2.75, 3.05) is 6.54 Å². The lowest BCUT2D eigenvalue weighted by Crippen LogP contribution is -2.80. The van der Waals surface area contributed by atoms with Gasteiger partial charge in [0.05, 0.1) is 0 Å². The summed E-state index contributed by atoms with van der Waals surface area (Å²) in [7, 11) is -2.38. The Bertz CT molecular complexity index is 228. The molecule has 5 heteroatoms. The topological polar surface area (TPSA) is 45.3 Å². The SMILES string of the molecule is CCN[Si](NC(C)(C)C)(NC(C)(C)C)OC(C)C. The fourth-order valence-electron chi connectivity index (χ4n) is 1.88. The summed E-state index contributed by atoms with van der Waals surface area (Å²) in [4.78, 5) is 10.8. The van der Waals surface area contributed by atoms with E-state index in [1.54, 1.807) is 0 Å². The lowest BCUT2D eigenvalue weighted by molar-refractivity contribution is 0.185. The molecule has 0 radical (unpaired) electrons. The average Bonchev–Trinajstić information content (AvgIpc) is 1.93. The standard InChI is InChI=1S/C13H33N3OSi/c1-10-14-18(17-11(2)3,15-12(4,5)6)16-13(7,8)9/h11,14-16H,10H2,1-9H3. The molecular weight excluding hydrogens is 242 g/mol. The molecule has 0 spiro atoms. The lowest BCUT2D eigenvalue weighted by Gasteiger charge is -2.42. The van der Waals surface area contributed by atoms with E-state index in [2.05, 4.69) is 77.3 Å². The van der Waals surface area contributed by atoms with Crippen LogP contribution in [-0.4, -0.2) is 32.5 Å². The first-order chi connectivity index (χ1) is 7.89. The van der Waals surface area contributed by atoms with Crippen molar-refractivity contribution in [1.82, 2.24) is 14.9 Å². The van der Waals surface area contributed by atoms with Crippen molar-refractivity contribution >= 4 is 8.80 Å². The van der Waals surface area contributed by atoms with Crippen molar-refractivity contribution in [3.63, 3.8) is 0 Å². The van der Waals surface area contributed by atoms with Crippen LogP contribution < -0.4 is 14.9 Å². The molecule has 0 aromatic heterocycles. The Balaban J connectivity index is 5.14. The molecule has 0 bridgehead atoms. The summed E-state index contributed by atoms with van der Waals surface area (Å²) >= 11 is 0. The molecule has 0 aliphatic heterocycles. The first kappa shape index (κ1) is 18.1. The number of hydrogen-bond acceptors (Lipinski definition) is 4. The summed E-state index contributed by atoms with van der Waals surface area (Å²) in [5, 5.41) is 0. The van der Waals surface area contributed by atoms with Crippen LogP contribution in [0.2, 0.25) is 0 Å². The van der Waals surface area contributed by atoms with Gasteiger partial charge in [-0.2, -0.15) is 0 Å². The first-order valence-electron chi connectivity index (χ1n) is 6.91. The highest BCUT2D eigenvalue weighted by molar-refractivity contribution is 6.66. The fraction of sp³-hybridized carbons (Fsp3) is 1.00. The van der Waals surface area contributed by atoms with Crippen LogP contribution >= 0.6 is 0 Å². The summed E-state index contributed by atoms with van der Waals surface area (Å²) < 4.78 is 6.24. The minimum absolute atomic E-state index is 0.00152. The molecule has 0 aliphatic rings. The van der Waals surface area contributed by atoms with Gasteiger partial charge in [0.25, 0.3) is 0 Å². The van der Waals surface area contributed by atoms with Crippen molar-refractivity contribution in [3.8, 4) is 0 Å². The molecule has 0 amide bonds. The molecule has 0 heterocycles. The van der Waals surface area contributed by atoms with Gasteiger partial charge in [0.2, 0.25) is 0 Å². The van der Waals surface area contributed by atoms with E-state index < -0.39 is 8.80 Å². The van der Waals surface area contributed by atoms with Gasteiger partial charge in [0.1, 0.15) is 0 Å². The molecule has 0 aliphatic carbocycles. The maximum absolute atomic E-state index is 6.24. The molecule has 0 aromatic carbocycles. The molecule has 0 aromatic rings. The lowest BCUT2D eigenvalue weighted by atomic mass is 10.1. The number of rotatable bonds is 6. The van der Waals surface area contributed by atoms with Crippen LogP contribution in [0.4, 0.5) is 0 Å². The third kappa shape index (κ3) is 8.21. The fourth-order valence-corrected chi connectivity index (χ4v) is 5.64. The molecule has 110 valence electrons. The maximum Gasteiger partial charge on any atom is 0.441 e. The average molecular weight is 276 g/mol. The van der Waals surface area contributed by atoms with Crippen LogP contribution in [-0.2, 0) is 4.43 Å². The van der Waals surface area contributed by atoms with E-state index in [4.69, 9.17) is 4.43 Å². The van der Waals surface area contributed by atoms with Gasteiger partial charge in [-0.05, 0) is 61.9 Å². The summed E-state index contributed by atoms with van der Waals surface area (Å²) in [6.07, 6.45) is 0.181. The molecule has 18 heavy (non-hydrogen) atoms. The number of hydrogen-bond donors (Lipinski definition) is 3. The minimum Gasteiger partial charge on any atom is -0.377 e. The second kappa shape index (κ2) is 6.48. The van der Waals surface area contributed by atoms with Gasteiger partial charge in [-0.3, -0.25) is 14.9 Å². The van der Waals surface area contributed by atoms with Gasteiger partial charge in [-0.1, -0.05) is 6.92 Å². The van der Waals surface area contributed by atoms with E-state index in [9.17, 15) is 0 Å². The van der Waals surface area contributed by atoms with Gasteiger partial charge in [-0.15, -0.1) is 0 Å². The highest BCUT2D eigenvalue weighted by Gasteiger charge is 2.43. The van der Waals surface area contributed by atoms with Crippen molar-refractivity contribution in [1.29, 1.82) is 0 Å². The van der Waals surface area contributed by atoms with E-state index in [1.165, 1.54) is 0 Å². The molecule has 0 atom stereocenters. The van der Waals surface area contributed by atoms with E-state index in [0.717, 1.165) is 6.54 Å². The summed E-state index contributed by atoms with van der Waals surface area (Å²) in [5.41, 5.74) is 0.00304. The smallest absolute Gasteiger partial charge is 0.377 e. The second-order valence-electron chi connectivity index (χ2n) is 7.13. The Morgan fingerprint density at radius 2 is 1.33 bits per heavy atom. The predicted molar refractivity (Wildman–Crippen MR) is 81.4 cm³/mol. The first-order valence-corrected chi connectivity index (χ1v) is 8.81. The Labute approximate surface area is 115 Å². The van der Waals surface area contributed by atoms with Crippen LogP contribution in [0.1, 0.15) is 62.3 Å². The number of nitrogens with one attached hydrogen (secondary N) is 3. The zero-order valence-corrected chi connectivity index (χ0v) is 14.7. The molecule has 4 nitrogen and oxygen atoms in total. The van der Waals surface area contributed by atoms with Gasteiger partial charge in [0.15, 0.2) is 0 Å². The molecule has 3 N–H and O–H groups in total. The minimum atomic E-state index is -2.38. The Hall–Kier alpha value is 0.0569. The van der Waals surface area contributed by atoms with E-state index in [-0.39, 0.29) is 17.2 Å². The molecule has 0 saturated heterocycles. The quantitative estimate of drug-likeness (QED) is 0.651. The maximum atomic E-state index is 6.24. The molecule has 0 saturated carbocycles. The monoisotopic (exact) mass is 275 g/mol. The summed E-state index contributed by atoms with van der Waals surface area (Å²) in [6, 6.07) is 0. The molecule has 0 rings (SSSR count). The Morgan fingerprint density at radius 1 is 0.944 bits per heavy atom. The summed E-state index contributed by atoms with van der Waals surface area (Å²) in [6.45, 7) is 20.1. The third-order valence-corrected chi connectivity index (χ3v) is 5.82. The van der Waals surface area contributed by atoms with Crippen LogP contribution in [0.25, 0.3) is 0 Å². The third-order valence-electron chi connectivity index (χ3n) is 1.94. The van der Waals surface area contributed by atoms with Crippen molar-refractivity contribution in [2.45, 2.75) is 79.5 Å². The van der Waals surface area contributed by atoms with Crippen LogP contribution in [0.15, 0.2) is 0 Å². The van der Waals surface area contributed by atoms with E-state index in [1.807, 2.05) is 0 Å². The normalized spacial score (nSPS) is 14.3. The highest BCUT2D eigenvalue weighted by Crippen LogP contribution is 2.11. The van der Waals surface area contributed by atoms with Crippen molar-refractivity contribution < 1.29 is 4.43 Å². The van der Waals surface area contributed by atoms with Crippen molar-refractivity contribution in [3.05, 3.63) is 0 Å². The molecular formula is C13H33N3OSi. The zero-order chi connectivity index (χ0) is 14.6. The highest BCUT2D eigenvalue weighted by atomic mass is 28.4. The van der Waals surface area contributed by atoms with Crippen molar-refractivity contribution in [2.24, 2.45) is 0 Å². The van der Waals surface area contributed by atoms with Crippen LogP contribution in [0.3, 0.4) is 0 Å². The van der Waals surface area contributed by atoms with Gasteiger partial charge >= 0.3 is 8.80 Å². The Morgan fingerprint density at radius 3 is 1.56 bits per heavy atom. The Kier molecular flexibility index (Phi) is 6.50. The predicted octanol–water partition coefficient (Wildman–Crippen LogP) is 2.23. The van der Waals surface area contributed by atoms with Gasteiger partial charge in [0, 0.05) is 17.2 Å². The largest absolute Gasteiger partial charge is 0.441 e. The molecule has 0 unspecified atom stereocenters. The summed E-state index contributed by atoms with van der Waals surface area (Å²) in [5.74, 6) is 0. The second-order valence-corrected chi connectivity index (χ2v) is 9.58. The van der Waals surface area contributed by atoms with Crippen LogP contribution in [0.5, 0.6) is 0 Å². The van der Waals surface area contributed by atoms with Gasteiger partial charge in [-0.25, -0.2) is 0 Å². The zero-order valence-electron chi connectivity index (χ0n) is 13.7. The molecule has 0 fully saturated rings.